The first kappa shape index (κ1) is 13.2. The molecule has 0 fully saturated rings. The molecule has 0 spiro atoms. The summed E-state index contributed by atoms with van der Waals surface area (Å²) in [6.07, 6.45) is 0. The lowest BCUT2D eigenvalue weighted by molar-refractivity contribution is -0.384. The Labute approximate surface area is 102 Å². The van der Waals surface area contributed by atoms with E-state index in [1.54, 1.807) is 6.92 Å². The summed E-state index contributed by atoms with van der Waals surface area (Å²) < 4.78 is 9.68. The van der Waals surface area contributed by atoms with Crippen molar-refractivity contribution in [2.45, 2.75) is 6.92 Å². The van der Waals surface area contributed by atoms with Crippen molar-refractivity contribution in [3.8, 4) is 5.75 Å². The van der Waals surface area contributed by atoms with Gasteiger partial charge in [-0.1, -0.05) is 11.6 Å². The number of hydrogen-bond donors (Lipinski definition) is 0. The van der Waals surface area contributed by atoms with E-state index in [2.05, 4.69) is 0 Å². The molecule has 6 nitrogen and oxygen atoms in total. The molecule has 0 atom stereocenters. The fraction of sp³-hybridized carbons (Fsp3) is 0.300. The molecule has 0 saturated heterocycles. The summed E-state index contributed by atoms with van der Waals surface area (Å²) >= 11 is 5.68. The van der Waals surface area contributed by atoms with Crippen molar-refractivity contribution in [2.24, 2.45) is 0 Å². The molecule has 1 rings (SSSR count). The van der Waals surface area contributed by atoms with Crippen LogP contribution in [0.3, 0.4) is 0 Å². The first-order valence-electron chi connectivity index (χ1n) is 4.70. The zero-order valence-corrected chi connectivity index (χ0v) is 9.98. The Kier molecular flexibility index (Phi) is 4.28. The molecule has 0 amide bonds. The zero-order valence-electron chi connectivity index (χ0n) is 9.23. The van der Waals surface area contributed by atoms with E-state index < -0.39 is 10.9 Å². The van der Waals surface area contributed by atoms with Gasteiger partial charge in [-0.15, -0.1) is 0 Å². The van der Waals surface area contributed by atoms with Crippen LogP contribution >= 0.6 is 11.6 Å². The van der Waals surface area contributed by atoms with Crippen molar-refractivity contribution in [2.75, 3.05) is 13.7 Å². The summed E-state index contributed by atoms with van der Waals surface area (Å²) in [6.45, 7) is 1.80. The molecular weight excluding hydrogens is 250 g/mol. The molecule has 0 unspecified atom stereocenters. The molecule has 0 aromatic heterocycles. The summed E-state index contributed by atoms with van der Waals surface area (Å²) in [5.41, 5.74) is -0.388. The highest BCUT2D eigenvalue weighted by Crippen LogP contribution is 2.32. The van der Waals surface area contributed by atoms with E-state index in [1.165, 1.54) is 13.2 Å². The SMILES string of the molecule is CCOC(=O)c1cc([N+](=O)[O-])c(Cl)cc1OC. The van der Waals surface area contributed by atoms with Gasteiger partial charge in [0.25, 0.3) is 5.69 Å². The lowest BCUT2D eigenvalue weighted by Gasteiger charge is -2.08. The van der Waals surface area contributed by atoms with Gasteiger partial charge in [0.05, 0.1) is 18.6 Å². The molecule has 0 aliphatic heterocycles. The first-order chi connectivity index (χ1) is 8.01. The number of carbonyl (C=O) groups is 1. The van der Waals surface area contributed by atoms with E-state index >= 15 is 0 Å². The van der Waals surface area contributed by atoms with Gasteiger partial charge >= 0.3 is 5.97 Å². The first-order valence-corrected chi connectivity index (χ1v) is 5.08. The van der Waals surface area contributed by atoms with Crippen LogP contribution in [-0.4, -0.2) is 24.6 Å². The maximum atomic E-state index is 11.5. The average molecular weight is 260 g/mol. The molecule has 0 aliphatic rings. The Bertz CT molecular complexity index is 460. The number of benzene rings is 1. The maximum Gasteiger partial charge on any atom is 0.342 e. The number of rotatable bonds is 4. The number of halogens is 1. The van der Waals surface area contributed by atoms with Crippen molar-refractivity contribution in [3.63, 3.8) is 0 Å². The lowest BCUT2D eigenvalue weighted by Crippen LogP contribution is -2.07. The van der Waals surface area contributed by atoms with Crippen molar-refractivity contribution in [3.05, 3.63) is 32.8 Å². The Balaban J connectivity index is 3.31. The molecule has 0 heterocycles. The summed E-state index contributed by atoms with van der Waals surface area (Å²) in [5.74, 6) is -0.553. The van der Waals surface area contributed by atoms with Crippen LogP contribution in [0.4, 0.5) is 5.69 Å². The molecule has 0 N–H and O–H groups in total. The van der Waals surface area contributed by atoms with Crippen LogP contribution in [0.2, 0.25) is 5.02 Å². The van der Waals surface area contributed by atoms with Crippen LogP contribution in [0.5, 0.6) is 5.75 Å². The van der Waals surface area contributed by atoms with Crippen molar-refractivity contribution in [1.29, 1.82) is 0 Å². The molecule has 1 aromatic rings. The number of carbonyl (C=O) groups excluding carboxylic acids is 1. The van der Waals surface area contributed by atoms with E-state index in [0.717, 1.165) is 6.07 Å². The average Bonchev–Trinajstić information content (AvgIpc) is 2.28. The van der Waals surface area contributed by atoms with Gasteiger partial charge in [-0.3, -0.25) is 10.1 Å². The minimum absolute atomic E-state index is 0.0227. The van der Waals surface area contributed by atoms with Crippen LogP contribution < -0.4 is 4.74 Å². The highest BCUT2D eigenvalue weighted by atomic mass is 35.5. The van der Waals surface area contributed by atoms with Crippen molar-refractivity contribution >= 4 is 23.3 Å². The number of ether oxygens (including phenoxy) is 2. The molecule has 7 heteroatoms. The van der Waals surface area contributed by atoms with Gasteiger partial charge < -0.3 is 9.47 Å². The molecule has 0 bridgehead atoms. The fourth-order valence-corrected chi connectivity index (χ4v) is 1.44. The van der Waals surface area contributed by atoms with Crippen molar-refractivity contribution in [1.82, 2.24) is 0 Å². The van der Waals surface area contributed by atoms with Crippen LogP contribution in [0, 0.1) is 10.1 Å². The van der Waals surface area contributed by atoms with E-state index in [9.17, 15) is 14.9 Å². The van der Waals surface area contributed by atoms with Crippen LogP contribution in [-0.2, 0) is 4.74 Å². The van der Waals surface area contributed by atoms with Gasteiger partial charge in [0.2, 0.25) is 0 Å². The minimum atomic E-state index is -0.691. The second-order valence-corrected chi connectivity index (χ2v) is 3.39. The Morgan fingerprint density at radius 3 is 2.65 bits per heavy atom. The third-order valence-corrected chi connectivity index (χ3v) is 2.26. The maximum absolute atomic E-state index is 11.5. The number of esters is 1. The van der Waals surface area contributed by atoms with E-state index in [4.69, 9.17) is 21.1 Å². The summed E-state index contributed by atoms with van der Waals surface area (Å²) in [5, 5.41) is 10.6. The Morgan fingerprint density at radius 2 is 2.18 bits per heavy atom. The predicted octanol–water partition coefficient (Wildman–Crippen LogP) is 2.43. The Hall–Kier alpha value is -1.82. The summed E-state index contributed by atoms with van der Waals surface area (Å²) in [6, 6.07) is 2.26. The third-order valence-electron chi connectivity index (χ3n) is 1.96. The molecule has 17 heavy (non-hydrogen) atoms. The van der Waals surface area contributed by atoms with Crippen molar-refractivity contribution < 1.29 is 19.2 Å². The number of nitro groups is 1. The highest BCUT2D eigenvalue weighted by Gasteiger charge is 2.22. The molecular formula is C10H10ClNO5. The third kappa shape index (κ3) is 2.85. The Morgan fingerprint density at radius 1 is 1.53 bits per heavy atom. The fourth-order valence-electron chi connectivity index (χ4n) is 1.22. The lowest BCUT2D eigenvalue weighted by atomic mass is 10.2. The van der Waals surface area contributed by atoms with Gasteiger partial charge in [-0.05, 0) is 6.92 Å². The highest BCUT2D eigenvalue weighted by molar-refractivity contribution is 6.33. The molecule has 1 aromatic carbocycles. The van der Waals surface area contributed by atoms with E-state index in [0.29, 0.717) is 0 Å². The second kappa shape index (κ2) is 5.49. The number of hydrogen-bond acceptors (Lipinski definition) is 5. The minimum Gasteiger partial charge on any atom is -0.496 e. The number of nitrogens with zero attached hydrogens (tertiary/aromatic N) is 1. The largest absolute Gasteiger partial charge is 0.496 e. The zero-order chi connectivity index (χ0) is 13.0. The predicted molar refractivity (Wildman–Crippen MR) is 60.6 cm³/mol. The summed E-state index contributed by atoms with van der Waals surface area (Å²) in [7, 11) is 1.33. The van der Waals surface area contributed by atoms with Gasteiger partial charge in [0, 0.05) is 12.1 Å². The molecule has 0 saturated carbocycles. The quantitative estimate of drug-likeness (QED) is 0.471. The van der Waals surface area contributed by atoms with Crippen LogP contribution in [0.1, 0.15) is 17.3 Å². The molecule has 92 valence electrons. The smallest absolute Gasteiger partial charge is 0.342 e. The molecule has 0 aliphatic carbocycles. The van der Waals surface area contributed by atoms with Crippen LogP contribution in [0.15, 0.2) is 12.1 Å². The van der Waals surface area contributed by atoms with Gasteiger partial charge in [0.1, 0.15) is 16.3 Å². The topological polar surface area (TPSA) is 78.7 Å². The van der Waals surface area contributed by atoms with E-state index in [-0.39, 0.29) is 28.6 Å². The summed E-state index contributed by atoms with van der Waals surface area (Å²) in [4.78, 5) is 21.5. The van der Waals surface area contributed by atoms with Gasteiger partial charge in [0.15, 0.2) is 0 Å². The standard InChI is InChI=1S/C10H10ClNO5/c1-3-17-10(13)6-4-8(12(14)15)7(11)5-9(6)16-2/h4-5H,3H2,1-2H3. The number of nitro benzene ring substituents is 1. The monoisotopic (exact) mass is 259 g/mol. The molecule has 0 radical (unpaired) electrons. The second-order valence-electron chi connectivity index (χ2n) is 2.98. The normalized spacial score (nSPS) is 9.82. The van der Waals surface area contributed by atoms with Gasteiger partial charge in [-0.2, -0.15) is 0 Å². The van der Waals surface area contributed by atoms with Crippen LogP contribution in [0.25, 0.3) is 0 Å². The number of methoxy groups -OCH3 is 1. The van der Waals surface area contributed by atoms with Gasteiger partial charge in [-0.25, -0.2) is 4.79 Å². The van der Waals surface area contributed by atoms with E-state index in [1.807, 2.05) is 0 Å².